The molecular weight excluding hydrogens is 403 g/mol. The standard InChI is InChI=1S/C20H18Cl2N2O2S/c1-2-14-11-27-20(23-13-7-8-15(21)16(22)10-13)24(14)19(25)18-9-12-5-3-4-6-17(12)26-18/h3-8,10,14,18H,2,9,11H2,1H3. The molecule has 2 heterocycles. The van der Waals surface area contributed by atoms with Gasteiger partial charge in [0.2, 0.25) is 0 Å². The highest BCUT2D eigenvalue weighted by Gasteiger charge is 2.40. The summed E-state index contributed by atoms with van der Waals surface area (Å²) in [7, 11) is 0. The summed E-state index contributed by atoms with van der Waals surface area (Å²) in [6.45, 7) is 2.08. The molecule has 4 nitrogen and oxygen atoms in total. The number of halogens is 2. The van der Waals surface area contributed by atoms with Gasteiger partial charge >= 0.3 is 0 Å². The molecule has 2 aromatic carbocycles. The van der Waals surface area contributed by atoms with Crippen LogP contribution in [0.15, 0.2) is 47.5 Å². The monoisotopic (exact) mass is 420 g/mol. The normalized spacial score (nSPS) is 22.8. The zero-order valence-corrected chi connectivity index (χ0v) is 17.0. The first-order valence-electron chi connectivity index (χ1n) is 8.81. The number of amidine groups is 1. The number of para-hydroxylation sites is 1. The van der Waals surface area contributed by atoms with Gasteiger partial charge in [0.15, 0.2) is 11.3 Å². The van der Waals surface area contributed by atoms with Crippen molar-refractivity contribution in [3.05, 3.63) is 58.1 Å². The number of benzene rings is 2. The molecule has 0 saturated carbocycles. The van der Waals surface area contributed by atoms with Crippen molar-refractivity contribution < 1.29 is 9.53 Å². The van der Waals surface area contributed by atoms with Crippen molar-refractivity contribution in [2.75, 3.05) is 5.75 Å². The minimum Gasteiger partial charge on any atom is -0.480 e. The Morgan fingerprint density at radius 2 is 2.07 bits per heavy atom. The van der Waals surface area contributed by atoms with E-state index in [0.29, 0.717) is 27.3 Å². The first kappa shape index (κ1) is 18.7. The highest BCUT2D eigenvalue weighted by Crippen LogP contribution is 2.34. The van der Waals surface area contributed by atoms with Crippen LogP contribution in [-0.4, -0.2) is 33.9 Å². The number of fused-ring (bicyclic) bond motifs is 1. The Bertz CT molecular complexity index is 894. The topological polar surface area (TPSA) is 41.9 Å². The van der Waals surface area contributed by atoms with Crippen molar-refractivity contribution in [1.29, 1.82) is 0 Å². The molecule has 1 amide bonds. The summed E-state index contributed by atoms with van der Waals surface area (Å²) in [6.07, 6.45) is 0.944. The van der Waals surface area contributed by atoms with Gasteiger partial charge in [-0.05, 0) is 36.2 Å². The predicted octanol–water partition coefficient (Wildman–Crippen LogP) is 5.34. The molecule has 140 valence electrons. The summed E-state index contributed by atoms with van der Waals surface area (Å²) in [5.41, 5.74) is 1.75. The number of hydrogen-bond acceptors (Lipinski definition) is 4. The lowest BCUT2D eigenvalue weighted by atomic mass is 10.1. The van der Waals surface area contributed by atoms with Crippen LogP contribution in [0.5, 0.6) is 5.75 Å². The number of hydrogen-bond donors (Lipinski definition) is 0. The van der Waals surface area contributed by atoms with Crippen LogP contribution in [-0.2, 0) is 11.2 Å². The Balaban J connectivity index is 1.61. The smallest absolute Gasteiger partial charge is 0.270 e. The van der Waals surface area contributed by atoms with Crippen LogP contribution in [0, 0.1) is 0 Å². The number of amides is 1. The van der Waals surface area contributed by atoms with Crippen molar-refractivity contribution in [2.24, 2.45) is 4.99 Å². The molecule has 0 bridgehead atoms. The fourth-order valence-electron chi connectivity index (χ4n) is 3.27. The van der Waals surface area contributed by atoms with E-state index in [2.05, 4.69) is 11.9 Å². The molecule has 2 aromatic rings. The van der Waals surface area contributed by atoms with Gasteiger partial charge in [0.1, 0.15) is 5.75 Å². The second-order valence-corrected chi connectivity index (χ2v) is 8.29. The van der Waals surface area contributed by atoms with Crippen molar-refractivity contribution in [3.63, 3.8) is 0 Å². The molecule has 7 heteroatoms. The van der Waals surface area contributed by atoms with Gasteiger partial charge in [-0.2, -0.15) is 0 Å². The largest absolute Gasteiger partial charge is 0.480 e. The Hall–Kier alpha value is -1.69. The second-order valence-electron chi connectivity index (χ2n) is 6.49. The molecule has 0 aromatic heterocycles. The van der Waals surface area contributed by atoms with E-state index < -0.39 is 6.10 Å². The van der Waals surface area contributed by atoms with E-state index in [-0.39, 0.29) is 11.9 Å². The van der Waals surface area contributed by atoms with Gasteiger partial charge < -0.3 is 4.74 Å². The molecule has 1 saturated heterocycles. The van der Waals surface area contributed by atoms with E-state index in [9.17, 15) is 4.79 Å². The van der Waals surface area contributed by atoms with E-state index >= 15 is 0 Å². The van der Waals surface area contributed by atoms with Crippen LogP contribution in [0.25, 0.3) is 0 Å². The van der Waals surface area contributed by atoms with Crippen molar-refractivity contribution in [1.82, 2.24) is 4.90 Å². The van der Waals surface area contributed by atoms with Crippen molar-refractivity contribution >= 4 is 51.7 Å². The zero-order chi connectivity index (χ0) is 19.0. The Morgan fingerprint density at radius 3 is 2.81 bits per heavy atom. The maximum absolute atomic E-state index is 13.3. The van der Waals surface area contributed by atoms with Crippen LogP contribution in [0.2, 0.25) is 10.0 Å². The Morgan fingerprint density at radius 1 is 1.26 bits per heavy atom. The number of ether oxygens (including phenoxy) is 1. The highest BCUT2D eigenvalue weighted by molar-refractivity contribution is 8.14. The molecule has 2 unspecified atom stereocenters. The maximum Gasteiger partial charge on any atom is 0.270 e. The van der Waals surface area contributed by atoms with Gasteiger partial charge in [-0.15, -0.1) is 0 Å². The first-order valence-corrected chi connectivity index (χ1v) is 10.5. The van der Waals surface area contributed by atoms with Gasteiger partial charge in [-0.25, -0.2) is 4.99 Å². The van der Waals surface area contributed by atoms with Gasteiger partial charge in [0.05, 0.1) is 15.7 Å². The summed E-state index contributed by atoms with van der Waals surface area (Å²) in [5.74, 6) is 1.57. The SMILES string of the molecule is CCC1CSC(=Nc2ccc(Cl)c(Cl)c2)N1C(=O)C1Cc2ccccc2O1. The summed E-state index contributed by atoms with van der Waals surface area (Å²) in [5, 5.41) is 1.61. The van der Waals surface area contributed by atoms with Crippen molar-refractivity contribution in [2.45, 2.75) is 31.9 Å². The minimum atomic E-state index is -0.505. The number of carbonyl (C=O) groups excluding carboxylic acids is 1. The minimum absolute atomic E-state index is 0.0399. The predicted molar refractivity (Wildman–Crippen MR) is 112 cm³/mol. The second kappa shape index (κ2) is 7.74. The quantitative estimate of drug-likeness (QED) is 0.672. The average molecular weight is 421 g/mol. The zero-order valence-electron chi connectivity index (χ0n) is 14.7. The molecular formula is C20H18Cl2N2O2S. The summed E-state index contributed by atoms with van der Waals surface area (Å²) in [6, 6.07) is 13.1. The number of aliphatic imine (C=N–C) groups is 1. The van der Waals surface area contributed by atoms with Gasteiger partial charge in [0, 0.05) is 18.2 Å². The fraction of sp³-hybridized carbons (Fsp3) is 0.300. The third kappa shape index (κ3) is 3.68. The number of thioether (sulfide) groups is 1. The third-order valence-corrected chi connectivity index (χ3v) is 6.57. The van der Waals surface area contributed by atoms with E-state index in [1.807, 2.05) is 24.3 Å². The average Bonchev–Trinajstić information content (AvgIpc) is 3.28. The van der Waals surface area contributed by atoms with Crippen LogP contribution >= 0.6 is 35.0 Å². The molecule has 2 aliphatic rings. The van der Waals surface area contributed by atoms with E-state index in [0.717, 1.165) is 23.5 Å². The summed E-state index contributed by atoms with van der Waals surface area (Å²) < 4.78 is 5.91. The lowest BCUT2D eigenvalue weighted by Crippen LogP contribution is -2.46. The Kier molecular flexibility index (Phi) is 5.35. The fourth-order valence-corrected chi connectivity index (χ4v) is 4.84. The molecule has 4 rings (SSSR count). The van der Waals surface area contributed by atoms with E-state index in [1.165, 1.54) is 0 Å². The highest BCUT2D eigenvalue weighted by atomic mass is 35.5. The molecule has 0 radical (unpaired) electrons. The van der Waals surface area contributed by atoms with Crippen LogP contribution in [0.3, 0.4) is 0 Å². The number of nitrogens with zero attached hydrogens (tertiary/aromatic N) is 2. The molecule has 1 fully saturated rings. The third-order valence-electron chi connectivity index (χ3n) is 4.74. The molecule has 0 spiro atoms. The molecule has 2 aliphatic heterocycles. The molecule has 0 aliphatic carbocycles. The number of rotatable bonds is 3. The molecule has 27 heavy (non-hydrogen) atoms. The van der Waals surface area contributed by atoms with Crippen molar-refractivity contribution in [3.8, 4) is 5.75 Å². The van der Waals surface area contributed by atoms with Crippen LogP contribution < -0.4 is 4.74 Å². The van der Waals surface area contributed by atoms with Gasteiger partial charge in [-0.1, -0.05) is 60.1 Å². The van der Waals surface area contributed by atoms with E-state index in [1.54, 1.807) is 34.9 Å². The molecule has 0 N–H and O–H groups in total. The summed E-state index contributed by atoms with van der Waals surface area (Å²) in [4.78, 5) is 19.7. The van der Waals surface area contributed by atoms with Crippen LogP contribution in [0.4, 0.5) is 5.69 Å². The van der Waals surface area contributed by atoms with Gasteiger partial charge in [0.25, 0.3) is 5.91 Å². The Labute approximate surface area is 172 Å². The number of carbonyl (C=O) groups is 1. The maximum atomic E-state index is 13.3. The van der Waals surface area contributed by atoms with E-state index in [4.69, 9.17) is 27.9 Å². The lowest BCUT2D eigenvalue weighted by molar-refractivity contribution is -0.135. The molecule has 2 atom stereocenters. The lowest BCUT2D eigenvalue weighted by Gasteiger charge is -2.25. The van der Waals surface area contributed by atoms with Gasteiger partial charge in [-0.3, -0.25) is 9.69 Å². The van der Waals surface area contributed by atoms with Crippen LogP contribution in [0.1, 0.15) is 18.9 Å². The first-order chi connectivity index (χ1) is 13.1. The summed E-state index contributed by atoms with van der Waals surface area (Å²) >= 11 is 13.7.